The molecule has 0 aliphatic carbocycles. The van der Waals surface area contributed by atoms with Gasteiger partial charge >= 0.3 is 0 Å². The summed E-state index contributed by atoms with van der Waals surface area (Å²) in [6.07, 6.45) is -0.609. The van der Waals surface area contributed by atoms with Crippen molar-refractivity contribution in [2.45, 2.75) is 26.0 Å². The van der Waals surface area contributed by atoms with Gasteiger partial charge < -0.3 is 15.0 Å². The Labute approximate surface area is 112 Å². The van der Waals surface area contributed by atoms with Gasteiger partial charge in [0.05, 0.1) is 0 Å². The van der Waals surface area contributed by atoms with E-state index in [2.05, 4.69) is 5.32 Å². The van der Waals surface area contributed by atoms with Gasteiger partial charge in [0.2, 0.25) is 0 Å². The standard InChI is InChI=1S/C14H19FN2O2/c1-10-9-16-6-7-17(10)14(18)11(2)19-13-5-3-4-12(15)8-13/h3-5,8,10-11,16H,6-7,9H2,1-2H3. The number of amides is 1. The molecule has 5 heteroatoms. The number of carbonyl (C=O) groups excluding carboxylic acids is 1. The third-order valence-electron chi connectivity index (χ3n) is 3.24. The average molecular weight is 266 g/mol. The molecule has 1 aliphatic rings. The fourth-order valence-electron chi connectivity index (χ4n) is 2.20. The van der Waals surface area contributed by atoms with Crippen LogP contribution in [0.1, 0.15) is 13.8 Å². The van der Waals surface area contributed by atoms with Gasteiger partial charge in [0, 0.05) is 31.7 Å². The van der Waals surface area contributed by atoms with Crippen molar-refractivity contribution in [1.29, 1.82) is 0 Å². The Bertz CT molecular complexity index is 453. The second-order valence-electron chi connectivity index (χ2n) is 4.80. The number of hydrogen-bond donors (Lipinski definition) is 1. The summed E-state index contributed by atoms with van der Waals surface area (Å²) in [6, 6.07) is 5.99. The monoisotopic (exact) mass is 266 g/mol. The molecule has 0 spiro atoms. The van der Waals surface area contributed by atoms with Crippen LogP contribution in [0, 0.1) is 5.82 Å². The first-order chi connectivity index (χ1) is 9.08. The average Bonchev–Trinajstić information content (AvgIpc) is 2.38. The summed E-state index contributed by atoms with van der Waals surface area (Å²) in [7, 11) is 0. The maximum atomic E-state index is 13.1. The van der Waals surface area contributed by atoms with Gasteiger partial charge in [-0.1, -0.05) is 6.07 Å². The highest BCUT2D eigenvalue weighted by atomic mass is 19.1. The lowest BCUT2D eigenvalue weighted by molar-refractivity contribution is -0.140. The van der Waals surface area contributed by atoms with Crippen LogP contribution in [0.3, 0.4) is 0 Å². The van der Waals surface area contributed by atoms with Crippen LogP contribution in [-0.4, -0.2) is 42.6 Å². The second kappa shape index (κ2) is 6.02. The number of ether oxygens (including phenoxy) is 1. The molecule has 19 heavy (non-hydrogen) atoms. The highest BCUT2D eigenvalue weighted by molar-refractivity contribution is 5.81. The van der Waals surface area contributed by atoms with E-state index in [1.54, 1.807) is 24.0 Å². The molecular formula is C14H19FN2O2. The van der Waals surface area contributed by atoms with Crippen LogP contribution in [-0.2, 0) is 4.79 Å². The van der Waals surface area contributed by atoms with Gasteiger partial charge in [-0.05, 0) is 26.0 Å². The highest BCUT2D eigenvalue weighted by Crippen LogP contribution is 2.15. The van der Waals surface area contributed by atoms with Gasteiger partial charge in [-0.2, -0.15) is 0 Å². The fourth-order valence-corrected chi connectivity index (χ4v) is 2.20. The first-order valence-corrected chi connectivity index (χ1v) is 6.51. The molecule has 0 radical (unpaired) electrons. The Balaban J connectivity index is 1.99. The number of piperazine rings is 1. The molecule has 2 atom stereocenters. The predicted molar refractivity (Wildman–Crippen MR) is 70.5 cm³/mol. The maximum absolute atomic E-state index is 13.1. The summed E-state index contributed by atoms with van der Waals surface area (Å²) in [6.45, 7) is 5.96. The third kappa shape index (κ3) is 3.44. The highest BCUT2D eigenvalue weighted by Gasteiger charge is 2.27. The van der Waals surface area contributed by atoms with Crippen molar-refractivity contribution in [3.05, 3.63) is 30.1 Å². The van der Waals surface area contributed by atoms with Crippen LogP contribution in [0.4, 0.5) is 4.39 Å². The van der Waals surface area contributed by atoms with E-state index < -0.39 is 6.10 Å². The van der Waals surface area contributed by atoms with E-state index in [0.29, 0.717) is 12.3 Å². The van der Waals surface area contributed by atoms with E-state index >= 15 is 0 Å². The van der Waals surface area contributed by atoms with Crippen LogP contribution in [0.15, 0.2) is 24.3 Å². The number of nitrogens with one attached hydrogen (secondary N) is 1. The van der Waals surface area contributed by atoms with Crippen molar-refractivity contribution in [3.63, 3.8) is 0 Å². The topological polar surface area (TPSA) is 41.6 Å². The molecule has 1 amide bonds. The number of rotatable bonds is 3. The minimum Gasteiger partial charge on any atom is -0.481 e. The summed E-state index contributed by atoms with van der Waals surface area (Å²) in [4.78, 5) is 14.1. The summed E-state index contributed by atoms with van der Waals surface area (Å²) < 4.78 is 18.6. The molecule has 1 saturated heterocycles. The normalized spacial score (nSPS) is 21.0. The van der Waals surface area contributed by atoms with Gasteiger partial charge in [0.1, 0.15) is 11.6 Å². The fraction of sp³-hybridized carbons (Fsp3) is 0.500. The maximum Gasteiger partial charge on any atom is 0.263 e. The lowest BCUT2D eigenvalue weighted by Gasteiger charge is -2.35. The van der Waals surface area contributed by atoms with E-state index in [4.69, 9.17) is 4.74 Å². The third-order valence-corrected chi connectivity index (χ3v) is 3.24. The molecule has 1 aromatic rings. The summed E-state index contributed by atoms with van der Waals surface area (Å²) >= 11 is 0. The number of halogens is 1. The molecule has 2 rings (SSSR count). The van der Waals surface area contributed by atoms with Crippen molar-refractivity contribution >= 4 is 5.91 Å². The molecule has 0 aromatic heterocycles. The molecule has 104 valence electrons. The largest absolute Gasteiger partial charge is 0.481 e. The first-order valence-electron chi connectivity index (χ1n) is 6.51. The molecule has 0 bridgehead atoms. The molecule has 1 heterocycles. The second-order valence-corrected chi connectivity index (χ2v) is 4.80. The van der Waals surface area contributed by atoms with Crippen LogP contribution < -0.4 is 10.1 Å². The Hall–Kier alpha value is -1.62. The minimum atomic E-state index is -0.609. The lowest BCUT2D eigenvalue weighted by atomic mass is 10.2. The molecule has 2 unspecified atom stereocenters. The van der Waals surface area contributed by atoms with E-state index in [9.17, 15) is 9.18 Å². The van der Waals surface area contributed by atoms with Crippen LogP contribution in [0.5, 0.6) is 5.75 Å². The minimum absolute atomic E-state index is 0.0572. The smallest absolute Gasteiger partial charge is 0.263 e. The van der Waals surface area contributed by atoms with Gasteiger partial charge in [-0.3, -0.25) is 4.79 Å². The number of carbonyl (C=O) groups is 1. The van der Waals surface area contributed by atoms with Crippen molar-refractivity contribution in [1.82, 2.24) is 10.2 Å². The molecule has 1 fully saturated rings. The van der Waals surface area contributed by atoms with E-state index in [1.807, 2.05) is 6.92 Å². The van der Waals surface area contributed by atoms with Gasteiger partial charge in [-0.25, -0.2) is 4.39 Å². The Morgan fingerprint density at radius 3 is 3.05 bits per heavy atom. The van der Waals surface area contributed by atoms with Crippen LogP contribution in [0.2, 0.25) is 0 Å². The van der Waals surface area contributed by atoms with E-state index in [1.165, 1.54) is 12.1 Å². The SMILES string of the molecule is CC(Oc1cccc(F)c1)C(=O)N1CCNCC1C. The van der Waals surface area contributed by atoms with Gasteiger partial charge in [0.15, 0.2) is 6.10 Å². The predicted octanol–water partition coefficient (Wildman–Crippen LogP) is 1.41. The molecule has 1 N–H and O–H groups in total. The van der Waals surface area contributed by atoms with Crippen molar-refractivity contribution < 1.29 is 13.9 Å². The van der Waals surface area contributed by atoms with E-state index in [-0.39, 0.29) is 17.8 Å². The molecule has 0 saturated carbocycles. The Morgan fingerprint density at radius 1 is 1.58 bits per heavy atom. The van der Waals surface area contributed by atoms with Crippen LogP contribution >= 0.6 is 0 Å². The molecule has 4 nitrogen and oxygen atoms in total. The molecule has 1 aliphatic heterocycles. The zero-order valence-electron chi connectivity index (χ0n) is 11.2. The van der Waals surface area contributed by atoms with Gasteiger partial charge in [0.25, 0.3) is 5.91 Å². The first kappa shape index (κ1) is 13.8. The number of nitrogens with zero attached hydrogens (tertiary/aromatic N) is 1. The Kier molecular flexibility index (Phi) is 4.37. The summed E-state index contributed by atoms with van der Waals surface area (Å²) in [5, 5.41) is 3.23. The van der Waals surface area contributed by atoms with Crippen LogP contribution in [0.25, 0.3) is 0 Å². The van der Waals surface area contributed by atoms with Crippen molar-refractivity contribution in [2.24, 2.45) is 0 Å². The quantitative estimate of drug-likeness (QED) is 0.899. The lowest BCUT2D eigenvalue weighted by Crippen LogP contribution is -2.55. The molecule has 1 aromatic carbocycles. The van der Waals surface area contributed by atoms with Crippen molar-refractivity contribution in [2.75, 3.05) is 19.6 Å². The zero-order valence-corrected chi connectivity index (χ0v) is 11.2. The van der Waals surface area contributed by atoms with E-state index in [0.717, 1.165) is 13.1 Å². The van der Waals surface area contributed by atoms with Crippen molar-refractivity contribution in [3.8, 4) is 5.75 Å². The zero-order chi connectivity index (χ0) is 13.8. The Morgan fingerprint density at radius 2 is 2.37 bits per heavy atom. The summed E-state index contributed by atoms with van der Waals surface area (Å²) in [5.41, 5.74) is 0. The summed E-state index contributed by atoms with van der Waals surface area (Å²) in [5.74, 6) is -0.0467. The number of hydrogen-bond acceptors (Lipinski definition) is 3. The number of benzene rings is 1. The molecular weight excluding hydrogens is 247 g/mol. The van der Waals surface area contributed by atoms with Gasteiger partial charge in [-0.15, -0.1) is 0 Å².